The van der Waals surface area contributed by atoms with E-state index < -0.39 is 0 Å². The van der Waals surface area contributed by atoms with Crippen LogP contribution in [0.5, 0.6) is 0 Å². The van der Waals surface area contributed by atoms with Gasteiger partial charge in [0.1, 0.15) is 12.1 Å². The first-order chi connectivity index (χ1) is 11.7. The van der Waals surface area contributed by atoms with Gasteiger partial charge in [-0.25, -0.2) is 4.39 Å². The van der Waals surface area contributed by atoms with Crippen molar-refractivity contribution in [2.45, 2.75) is 32.3 Å². The summed E-state index contributed by atoms with van der Waals surface area (Å²) in [7, 11) is 1.72. The van der Waals surface area contributed by atoms with Crippen LogP contribution in [-0.2, 0) is 25.4 Å². The first-order valence-corrected chi connectivity index (χ1v) is 9.14. The van der Waals surface area contributed by atoms with Gasteiger partial charge in [-0.2, -0.15) is 11.8 Å². The molecule has 0 bridgehead atoms. The number of aliphatic imine (C=N–C) groups is 1. The number of nitrogens with zero attached hydrogens (tertiary/aromatic N) is 4. The van der Waals surface area contributed by atoms with Crippen LogP contribution in [0.4, 0.5) is 4.39 Å². The van der Waals surface area contributed by atoms with E-state index in [4.69, 9.17) is 0 Å². The first kappa shape index (κ1) is 21.7. The minimum absolute atomic E-state index is 0. The second-order valence-corrected chi connectivity index (χ2v) is 6.02. The molecule has 2 N–H and O–H groups in total. The number of guanidine groups is 1. The van der Waals surface area contributed by atoms with Crippen LogP contribution >= 0.6 is 35.7 Å². The number of thioether (sulfide) groups is 1. The summed E-state index contributed by atoms with van der Waals surface area (Å²) < 4.78 is 15.4. The fourth-order valence-corrected chi connectivity index (χ4v) is 2.88. The maximum absolute atomic E-state index is 13.4. The molecule has 1 aromatic heterocycles. The number of nitrogens with one attached hydrogen (secondary N) is 2. The zero-order valence-corrected chi connectivity index (χ0v) is 17.8. The molecule has 138 valence electrons. The van der Waals surface area contributed by atoms with E-state index in [1.54, 1.807) is 31.2 Å². The summed E-state index contributed by atoms with van der Waals surface area (Å²) in [5.74, 6) is 2.09. The van der Waals surface area contributed by atoms with Crippen LogP contribution in [0, 0.1) is 5.82 Å². The molecule has 25 heavy (non-hydrogen) atoms. The highest BCUT2D eigenvalue weighted by molar-refractivity contribution is 14.0. The van der Waals surface area contributed by atoms with E-state index in [0.717, 1.165) is 29.2 Å². The van der Waals surface area contributed by atoms with Crippen molar-refractivity contribution in [3.05, 3.63) is 47.3 Å². The molecule has 0 saturated heterocycles. The van der Waals surface area contributed by atoms with Crippen molar-refractivity contribution in [2.75, 3.05) is 13.3 Å². The van der Waals surface area contributed by atoms with Gasteiger partial charge in [-0.3, -0.25) is 4.99 Å². The van der Waals surface area contributed by atoms with Gasteiger partial charge in [0.05, 0.1) is 6.54 Å². The molecule has 0 unspecified atom stereocenters. The average Bonchev–Trinajstić information content (AvgIpc) is 3.04. The lowest BCUT2D eigenvalue weighted by atomic mass is 10.1. The van der Waals surface area contributed by atoms with Gasteiger partial charge >= 0.3 is 0 Å². The summed E-state index contributed by atoms with van der Waals surface area (Å²) in [6, 6.07) is 4.89. The molecule has 2 rings (SSSR count). The average molecular weight is 478 g/mol. The van der Waals surface area contributed by atoms with Gasteiger partial charge in [0.15, 0.2) is 11.8 Å². The van der Waals surface area contributed by atoms with Gasteiger partial charge in [-0.15, -0.1) is 34.2 Å². The topological polar surface area (TPSA) is 67.1 Å². The molecule has 2 aromatic rings. The van der Waals surface area contributed by atoms with E-state index in [-0.39, 0.29) is 29.8 Å². The van der Waals surface area contributed by atoms with E-state index >= 15 is 0 Å². The Labute approximate surface area is 169 Å². The Morgan fingerprint density at radius 2 is 2.04 bits per heavy atom. The maximum atomic E-state index is 13.4. The Hall–Kier alpha value is -1.36. The Morgan fingerprint density at radius 1 is 1.28 bits per heavy atom. The molecule has 1 aromatic carbocycles. The molecule has 0 aliphatic rings. The molecule has 0 fully saturated rings. The quantitative estimate of drug-likeness (QED) is 0.364. The van der Waals surface area contributed by atoms with Crippen molar-refractivity contribution in [3.8, 4) is 0 Å². The zero-order chi connectivity index (χ0) is 17.4. The summed E-state index contributed by atoms with van der Waals surface area (Å²) in [4.78, 5) is 4.21. The lowest BCUT2D eigenvalue weighted by Crippen LogP contribution is -2.37. The van der Waals surface area contributed by atoms with Crippen LogP contribution in [-0.4, -0.2) is 34.0 Å². The normalized spacial score (nSPS) is 11.1. The van der Waals surface area contributed by atoms with Gasteiger partial charge in [0, 0.05) is 25.9 Å². The third-order valence-corrected chi connectivity index (χ3v) is 4.19. The molecule has 0 aliphatic carbocycles. The van der Waals surface area contributed by atoms with Crippen molar-refractivity contribution in [2.24, 2.45) is 4.99 Å². The SMILES string of the molecule is CCn1cnnc1CNC(=NC)NCc1ccc(F)cc1CSC.I. The molecular formula is C16H24FIN6S. The van der Waals surface area contributed by atoms with E-state index in [2.05, 4.69) is 25.8 Å². The smallest absolute Gasteiger partial charge is 0.191 e. The van der Waals surface area contributed by atoms with Crippen molar-refractivity contribution >= 4 is 41.7 Å². The molecule has 6 nitrogen and oxygen atoms in total. The monoisotopic (exact) mass is 478 g/mol. The molecule has 0 saturated carbocycles. The number of benzene rings is 1. The highest BCUT2D eigenvalue weighted by Crippen LogP contribution is 2.16. The molecule has 9 heteroatoms. The fourth-order valence-electron chi connectivity index (χ4n) is 2.30. The number of hydrogen-bond acceptors (Lipinski definition) is 4. The zero-order valence-electron chi connectivity index (χ0n) is 14.6. The second kappa shape index (κ2) is 11.3. The van der Waals surface area contributed by atoms with E-state index in [0.29, 0.717) is 19.0 Å². The van der Waals surface area contributed by atoms with Gasteiger partial charge in [0.2, 0.25) is 0 Å². The van der Waals surface area contributed by atoms with Crippen molar-refractivity contribution in [1.29, 1.82) is 0 Å². The highest BCUT2D eigenvalue weighted by Gasteiger charge is 2.07. The Bertz CT molecular complexity index is 691. The lowest BCUT2D eigenvalue weighted by molar-refractivity contribution is 0.625. The molecular weight excluding hydrogens is 454 g/mol. The van der Waals surface area contributed by atoms with Gasteiger partial charge in [0.25, 0.3) is 0 Å². The second-order valence-electron chi connectivity index (χ2n) is 5.16. The molecule has 0 radical (unpaired) electrons. The van der Waals surface area contributed by atoms with Gasteiger partial charge in [-0.05, 0) is 36.4 Å². The number of aromatic nitrogens is 3. The highest BCUT2D eigenvalue weighted by atomic mass is 127. The largest absolute Gasteiger partial charge is 0.352 e. The van der Waals surface area contributed by atoms with Crippen molar-refractivity contribution in [1.82, 2.24) is 25.4 Å². The molecule has 0 amide bonds. The minimum Gasteiger partial charge on any atom is -0.352 e. The van der Waals surface area contributed by atoms with Crippen molar-refractivity contribution < 1.29 is 4.39 Å². The number of hydrogen-bond donors (Lipinski definition) is 2. The van der Waals surface area contributed by atoms with E-state index in [9.17, 15) is 4.39 Å². The molecule has 1 heterocycles. The van der Waals surface area contributed by atoms with Crippen LogP contribution in [0.2, 0.25) is 0 Å². The number of halogens is 2. The summed E-state index contributed by atoms with van der Waals surface area (Å²) in [6.45, 7) is 3.98. The Balaban J connectivity index is 0.00000312. The van der Waals surface area contributed by atoms with Crippen LogP contribution < -0.4 is 10.6 Å². The fraction of sp³-hybridized carbons (Fsp3) is 0.438. The van der Waals surface area contributed by atoms with Crippen LogP contribution in [0.25, 0.3) is 0 Å². The molecule has 0 spiro atoms. The first-order valence-electron chi connectivity index (χ1n) is 7.75. The third kappa shape index (κ3) is 6.46. The van der Waals surface area contributed by atoms with Crippen LogP contribution in [0.15, 0.2) is 29.5 Å². The summed E-state index contributed by atoms with van der Waals surface area (Å²) >= 11 is 1.67. The van der Waals surface area contributed by atoms with E-state index in [1.807, 2.05) is 23.8 Å². The van der Waals surface area contributed by atoms with Gasteiger partial charge in [-0.1, -0.05) is 6.07 Å². The predicted octanol–water partition coefficient (Wildman–Crippen LogP) is 2.78. The van der Waals surface area contributed by atoms with Crippen LogP contribution in [0.3, 0.4) is 0 Å². The maximum Gasteiger partial charge on any atom is 0.191 e. The lowest BCUT2D eigenvalue weighted by Gasteiger charge is -2.14. The molecule has 0 aliphatic heterocycles. The van der Waals surface area contributed by atoms with Gasteiger partial charge < -0.3 is 15.2 Å². The predicted molar refractivity (Wildman–Crippen MR) is 112 cm³/mol. The minimum atomic E-state index is -0.204. The molecule has 0 atom stereocenters. The Morgan fingerprint density at radius 3 is 2.72 bits per heavy atom. The Kier molecular flexibility index (Phi) is 9.79. The standard InChI is InChI=1S/C16H23FN6S.HI/c1-4-23-11-21-22-15(23)9-20-16(18-2)19-8-12-5-6-14(17)7-13(12)10-24-3;/h5-7,11H,4,8-10H2,1-3H3,(H2,18,19,20);1H. The summed E-state index contributed by atoms with van der Waals surface area (Å²) in [5.41, 5.74) is 2.06. The van der Waals surface area contributed by atoms with E-state index in [1.165, 1.54) is 6.07 Å². The number of aryl methyl sites for hydroxylation is 1. The van der Waals surface area contributed by atoms with Crippen LogP contribution in [0.1, 0.15) is 23.9 Å². The summed E-state index contributed by atoms with van der Waals surface area (Å²) in [6.07, 6.45) is 3.72. The summed E-state index contributed by atoms with van der Waals surface area (Å²) in [5, 5.41) is 14.5. The number of rotatable bonds is 7. The van der Waals surface area contributed by atoms with Crippen molar-refractivity contribution in [3.63, 3.8) is 0 Å². The third-order valence-electron chi connectivity index (χ3n) is 3.59.